The quantitative estimate of drug-likeness (QED) is 0.676. The van der Waals surface area contributed by atoms with Gasteiger partial charge in [-0.2, -0.15) is 0 Å². The van der Waals surface area contributed by atoms with Gasteiger partial charge in [-0.05, 0) is 48.5 Å². The zero-order chi connectivity index (χ0) is 11.5. The SMILES string of the molecule is Oc1ccc(N(O)c2ccc(O)cc2)cc1. The van der Waals surface area contributed by atoms with E-state index >= 15 is 0 Å². The van der Waals surface area contributed by atoms with Gasteiger partial charge in [-0.1, -0.05) is 0 Å². The second-order valence-electron chi connectivity index (χ2n) is 3.34. The Morgan fingerprint density at radius 1 is 0.625 bits per heavy atom. The third kappa shape index (κ3) is 2.07. The van der Waals surface area contributed by atoms with Crippen molar-refractivity contribution < 1.29 is 15.4 Å². The van der Waals surface area contributed by atoms with Crippen LogP contribution in [0.5, 0.6) is 11.5 Å². The molecule has 2 aromatic rings. The molecule has 0 heterocycles. The van der Waals surface area contributed by atoms with Crippen LogP contribution < -0.4 is 5.06 Å². The highest BCUT2D eigenvalue weighted by molar-refractivity contribution is 5.61. The Balaban J connectivity index is 2.28. The normalized spacial score (nSPS) is 10.1. The Kier molecular flexibility index (Phi) is 2.66. The van der Waals surface area contributed by atoms with E-state index in [9.17, 15) is 5.21 Å². The summed E-state index contributed by atoms with van der Waals surface area (Å²) in [6.07, 6.45) is 0. The fourth-order valence-electron chi connectivity index (χ4n) is 1.34. The Hall–Kier alpha value is -2.20. The topological polar surface area (TPSA) is 63.9 Å². The van der Waals surface area contributed by atoms with Crippen LogP contribution in [0.4, 0.5) is 11.4 Å². The molecule has 0 atom stereocenters. The van der Waals surface area contributed by atoms with Crippen LogP contribution in [0.2, 0.25) is 0 Å². The molecular weight excluding hydrogens is 206 g/mol. The third-order valence-electron chi connectivity index (χ3n) is 2.19. The lowest BCUT2D eigenvalue weighted by Gasteiger charge is -2.16. The summed E-state index contributed by atoms with van der Waals surface area (Å²) in [5, 5.41) is 29.0. The van der Waals surface area contributed by atoms with E-state index in [-0.39, 0.29) is 11.5 Å². The fraction of sp³-hybridized carbons (Fsp3) is 0. The maximum absolute atomic E-state index is 9.84. The number of hydrogen-bond acceptors (Lipinski definition) is 4. The van der Waals surface area contributed by atoms with Crippen molar-refractivity contribution in [2.45, 2.75) is 0 Å². The monoisotopic (exact) mass is 217 g/mol. The van der Waals surface area contributed by atoms with E-state index in [2.05, 4.69) is 0 Å². The zero-order valence-corrected chi connectivity index (χ0v) is 8.41. The molecule has 4 nitrogen and oxygen atoms in total. The highest BCUT2D eigenvalue weighted by Crippen LogP contribution is 2.26. The van der Waals surface area contributed by atoms with E-state index in [4.69, 9.17) is 10.2 Å². The smallest absolute Gasteiger partial charge is 0.115 e. The molecule has 82 valence electrons. The predicted octanol–water partition coefficient (Wildman–Crippen LogP) is 2.63. The summed E-state index contributed by atoms with van der Waals surface area (Å²) in [4.78, 5) is 0. The molecule has 16 heavy (non-hydrogen) atoms. The lowest BCUT2D eigenvalue weighted by Crippen LogP contribution is -2.09. The number of nitrogens with zero attached hydrogens (tertiary/aromatic N) is 1. The van der Waals surface area contributed by atoms with Gasteiger partial charge in [0.2, 0.25) is 0 Å². The minimum atomic E-state index is 0.142. The van der Waals surface area contributed by atoms with E-state index in [1.54, 1.807) is 24.3 Å². The standard InChI is InChI=1S/C12H11NO3/c14-11-5-1-9(2-6-11)13(16)10-3-7-12(15)8-4-10/h1-8,14-16H. The minimum Gasteiger partial charge on any atom is -0.508 e. The van der Waals surface area contributed by atoms with Crippen LogP contribution in [0.15, 0.2) is 48.5 Å². The van der Waals surface area contributed by atoms with Crippen molar-refractivity contribution in [2.24, 2.45) is 0 Å². The van der Waals surface area contributed by atoms with Gasteiger partial charge in [0.15, 0.2) is 0 Å². The molecule has 0 saturated heterocycles. The average Bonchev–Trinajstić information content (AvgIpc) is 2.30. The van der Waals surface area contributed by atoms with E-state index in [0.717, 1.165) is 5.06 Å². The van der Waals surface area contributed by atoms with Crippen LogP contribution in [-0.4, -0.2) is 15.4 Å². The van der Waals surface area contributed by atoms with Crippen molar-refractivity contribution in [3.63, 3.8) is 0 Å². The number of phenolic OH excluding ortho intramolecular Hbond substituents is 2. The second-order valence-corrected chi connectivity index (χ2v) is 3.34. The summed E-state index contributed by atoms with van der Waals surface area (Å²) in [7, 11) is 0. The molecule has 0 bridgehead atoms. The molecule has 0 radical (unpaired) electrons. The number of anilines is 2. The van der Waals surface area contributed by atoms with Crippen LogP contribution in [0.1, 0.15) is 0 Å². The lowest BCUT2D eigenvalue weighted by atomic mass is 10.2. The largest absolute Gasteiger partial charge is 0.508 e. The maximum Gasteiger partial charge on any atom is 0.115 e. The van der Waals surface area contributed by atoms with Crippen molar-refractivity contribution in [3.05, 3.63) is 48.5 Å². The minimum absolute atomic E-state index is 0.142. The summed E-state index contributed by atoms with van der Waals surface area (Å²) in [6.45, 7) is 0. The van der Waals surface area contributed by atoms with E-state index < -0.39 is 0 Å². The maximum atomic E-state index is 9.84. The number of phenols is 2. The summed E-state index contributed by atoms with van der Waals surface area (Å²) >= 11 is 0. The molecule has 0 fully saturated rings. The zero-order valence-electron chi connectivity index (χ0n) is 8.41. The van der Waals surface area contributed by atoms with Gasteiger partial charge in [-0.3, -0.25) is 5.21 Å². The fourth-order valence-corrected chi connectivity index (χ4v) is 1.34. The van der Waals surface area contributed by atoms with Crippen LogP contribution in [0.3, 0.4) is 0 Å². The molecule has 0 saturated carbocycles. The van der Waals surface area contributed by atoms with Crippen molar-refractivity contribution in [2.75, 3.05) is 5.06 Å². The predicted molar refractivity (Wildman–Crippen MR) is 60.1 cm³/mol. The van der Waals surface area contributed by atoms with Crippen molar-refractivity contribution in [3.8, 4) is 11.5 Å². The van der Waals surface area contributed by atoms with E-state index in [1.165, 1.54) is 24.3 Å². The number of rotatable bonds is 2. The van der Waals surface area contributed by atoms with Crippen molar-refractivity contribution >= 4 is 11.4 Å². The third-order valence-corrected chi connectivity index (χ3v) is 2.19. The Morgan fingerprint density at radius 2 is 0.938 bits per heavy atom. The van der Waals surface area contributed by atoms with Gasteiger partial charge < -0.3 is 10.2 Å². The van der Waals surface area contributed by atoms with Crippen molar-refractivity contribution in [1.29, 1.82) is 0 Å². The molecule has 0 aromatic heterocycles. The average molecular weight is 217 g/mol. The highest BCUT2D eigenvalue weighted by atomic mass is 16.5. The number of benzene rings is 2. The molecule has 3 N–H and O–H groups in total. The molecule has 0 aliphatic heterocycles. The first-order valence-corrected chi connectivity index (χ1v) is 4.74. The Bertz CT molecular complexity index is 419. The van der Waals surface area contributed by atoms with Crippen LogP contribution in [-0.2, 0) is 0 Å². The van der Waals surface area contributed by atoms with Crippen LogP contribution >= 0.6 is 0 Å². The molecule has 0 aliphatic rings. The van der Waals surface area contributed by atoms with Crippen LogP contribution in [0, 0.1) is 0 Å². The highest BCUT2D eigenvalue weighted by Gasteiger charge is 2.05. The number of aromatic hydroxyl groups is 2. The molecule has 0 aliphatic carbocycles. The van der Waals surface area contributed by atoms with Gasteiger partial charge in [0.05, 0.1) is 11.4 Å². The molecular formula is C12H11NO3. The van der Waals surface area contributed by atoms with Crippen molar-refractivity contribution in [1.82, 2.24) is 0 Å². The van der Waals surface area contributed by atoms with Gasteiger partial charge >= 0.3 is 0 Å². The van der Waals surface area contributed by atoms with Gasteiger partial charge in [-0.15, -0.1) is 0 Å². The first-order chi connectivity index (χ1) is 7.66. The molecule has 0 spiro atoms. The Labute approximate surface area is 92.6 Å². The molecule has 2 aromatic carbocycles. The first-order valence-electron chi connectivity index (χ1n) is 4.74. The van der Waals surface area contributed by atoms with E-state index in [0.29, 0.717) is 11.4 Å². The Morgan fingerprint density at radius 3 is 1.25 bits per heavy atom. The second kappa shape index (κ2) is 4.12. The summed E-state index contributed by atoms with van der Waals surface area (Å²) in [5.74, 6) is 0.283. The van der Waals surface area contributed by atoms with Gasteiger partial charge in [0.1, 0.15) is 11.5 Å². The molecule has 0 unspecified atom stereocenters. The molecule has 2 rings (SSSR count). The lowest BCUT2D eigenvalue weighted by molar-refractivity contribution is 0.301. The van der Waals surface area contributed by atoms with E-state index in [1.807, 2.05) is 0 Å². The van der Waals surface area contributed by atoms with Crippen LogP contribution in [0.25, 0.3) is 0 Å². The van der Waals surface area contributed by atoms with Gasteiger partial charge in [0.25, 0.3) is 0 Å². The molecule has 0 amide bonds. The summed E-state index contributed by atoms with van der Waals surface area (Å²) in [5.41, 5.74) is 1.06. The van der Waals surface area contributed by atoms with Gasteiger partial charge in [0, 0.05) is 0 Å². The summed E-state index contributed by atoms with van der Waals surface area (Å²) in [6, 6.07) is 12.3. The number of hydrogen-bond donors (Lipinski definition) is 3. The summed E-state index contributed by atoms with van der Waals surface area (Å²) < 4.78 is 0. The first kappa shape index (κ1) is 10.3. The van der Waals surface area contributed by atoms with Gasteiger partial charge in [-0.25, -0.2) is 5.06 Å². The molecule has 4 heteroatoms.